The van der Waals surface area contributed by atoms with E-state index in [0.717, 1.165) is 16.9 Å². The summed E-state index contributed by atoms with van der Waals surface area (Å²) in [7, 11) is 4.91. The quantitative estimate of drug-likeness (QED) is 0.825. The van der Waals surface area contributed by atoms with Crippen LogP contribution in [0.4, 0.5) is 0 Å². The molecule has 0 fully saturated rings. The van der Waals surface area contributed by atoms with Crippen LogP contribution in [0.2, 0.25) is 0 Å². The van der Waals surface area contributed by atoms with Crippen molar-refractivity contribution in [1.29, 1.82) is 0 Å². The third-order valence-electron chi connectivity index (χ3n) is 3.35. The molecule has 0 heterocycles. The first-order chi connectivity index (χ1) is 8.97. The lowest BCUT2D eigenvalue weighted by Crippen LogP contribution is -2.29. The van der Waals surface area contributed by atoms with E-state index < -0.39 is 11.9 Å². The molecule has 0 aromatic heterocycles. The molecule has 0 bridgehead atoms. The lowest BCUT2D eigenvalue weighted by atomic mass is 9.92. The third kappa shape index (κ3) is 2.98. The zero-order chi connectivity index (χ0) is 14.6. The standard InChI is InChI=1S/C14H21NO4/c1-8-11(18-4)7-6-10(13(8)19-5)12(15-3)9(2)14(16)17/h6-7,9,12,15H,1-5H3,(H,16,17). The first-order valence-corrected chi connectivity index (χ1v) is 6.09. The molecule has 1 rings (SSSR count). The fraction of sp³-hybridized carbons (Fsp3) is 0.500. The van der Waals surface area contributed by atoms with Gasteiger partial charge in [-0.3, -0.25) is 4.79 Å². The van der Waals surface area contributed by atoms with Crippen molar-refractivity contribution in [3.05, 3.63) is 23.3 Å². The van der Waals surface area contributed by atoms with Gasteiger partial charge in [0.25, 0.3) is 0 Å². The van der Waals surface area contributed by atoms with Crippen LogP contribution in [0.15, 0.2) is 12.1 Å². The van der Waals surface area contributed by atoms with Gasteiger partial charge in [-0.25, -0.2) is 0 Å². The molecule has 0 saturated heterocycles. The van der Waals surface area contributed by atoms with Crippen LogP contribution in [0, 0.1) is 12.8 Å². The summed E-state index contributed by atoms with van der Waals surface area (Å²) >= 11 is 0. The molecule has 0 spiro atoms. The summed E-state index contributed by atoms with van der Waals surface area (Å²) in [6.07, 6.45) is 0. The van der Waals surface area contributed by atoms with Gasteiger partial charge in [0.1, 0.15) is 11.5 Å². The van der Waals surface area contributed by atoms with Gasteiger partial charge in [0.05, 0.1) is 20.1 Å². The Morgan fingerprint density at radius 3 is 2.37 bits per heavy atom. The smallest absolute Gasteiger partial charge is 0.308 e. The van der Waals surface area contributed by atoms with Crippen LogP contribution in [0.5, 0.6) is 11.5 Å². The van der Waals surface area contributed by atoms with Crippen molar-refractivity contribution >= 4 is 5.97 Å². The number of nitrogens with one attached hydrogen (secondary N) is 1. The fourth-order valence-electron chi connectivity index (χ4n) is 2.25. The Morgan fingerprint density at radius 2 is 1.95 bits per heavy atom. The van der Waals surface area contributed by atoms with Crippen LogP contribution in [0.3, 0.4) is 0 Å². The van der Waals surface area contributed by atoms with Crippen LogP contribution in [-0.4, -0.2) is 32.3 Å². The summed E-state index contributed by atoms with van der Waals surface area (Å²) in [5.41, 5.74) is 1.68. The van der Waals surface area contributed by atoms with E-state index in [1.54, 1.807) is 28.2 Å². The van der Waals surface area contributed by atoms with Crippen molar-refractivity contribution in [2.75, 3.05) is 21.3 Å². The van der Waals surface area contributed by atoms with E-state index in [-0.39, 0.29) is 6.04 Å². The first kappa shape index (κ1) is 15.3. The monoisotopic (exact) mass is 267 g/mol. The molecule has 19 heavy (non-hydrogen) atoms. The number of carboxylic acids is 1. The highest BCUT2D eigenvalue weighted by molar-refractivity contribution is 5.71. The molecule has 1 aromatic rings. The molecule has 5 nitrogen and oxygen atoms in total. The number of methoxy groups -OCH3 is 2. The number of hydrogen-bond donors (Lipinski definition) is 2. The van der Waals surface area contributed by atoms with Gasteiger partial charge >= 0.3 is 5.97 Å². The second kappa shape index (κ2) is 6.43. The maximum atomic E-state index is 11.2. The summed E-state index contributed by atoms with van der Waals surface area (Å²) in [6.45, 7) is 3.56. The van der Waals surface area contributed by atoms with Gasteiger partial charge in [0, 0.05) is 17.2 Å². The Bertz CT molecular complexity index is 459. The lowest BCUT2D eigenvalue weighted by molar-refractivity contribution is -0.142. The fourth-order valence-corrected chi connectivity index (χ4v) is 2.25. The van der Waals surface area contributed by atoms with E-state index in [0.29, 0.717) is 5.75 Å². The van der Waals surface area contributed by atoms with Crippen LogP contribution >= 0.6 is 0 Å². The molecular weight excluding hydrogens is 246 g/mol. The maximum absolute atomic E-state index is 11.2. The van der Waals surface area contributed by atoms with E-state index in [9.17, 15) is 9.90 Å². The van der Waals surface area contributed by atoms with E-state index in [1.165, 1.54) is 0 Å². The van der Waals surface area contributed by atoms with Crippen LogP contribution < -0.4 is 14.8 Å². The predicted molar refractivity (Wildman–Crippen MR) is 72.9 cm³/mol. The molecule has 0 radical (unpaired) electrons. The van der Waals surface area contributed by atoms with E-state index in [4.69, 9.17) is 9.47 Å². The second-order valence-electron chi connectivity index (χ2n) is 4.41. The molecule has 0 aliphatic rings. The largest absolute Gasteiger partial charge is 0.496 e. The molecule has 2 N–H and O–H groups in total. The van der Waals surface area contributed by atoms with Gasteiger partial charge in [0.2, 0.25) is 0 Å². The van der Waals surface area contributed by atoms with E-state index in [1.807, 2.05) is 19.1 Å². The second-order valence-corrected chi connectivity index (χ2v) is 4.41. The predicted octanol–water partition coefficient (Wildman–Crippen LogP) is 1.99. The van der Waals surface area contributed by atoms with Gasteiger partial charge in [-0.2, -0.15) is 0 Å². The topological polar surface area (TPSA) is 67.8 Å². The van der Waals surface area contributed by atoms with Crippen molar-refractivity contribution in [1.82, 2.24) is 5.32 Å². The van der Waals surface area contributed by atoms with Gasteiger partial charge < -0.3 is 19.9 Å². The van der Waals surface area contributed by atoms with Crippen LogP contribution in [0.1, 0.15) is 24.1 Å². The lowest BCUT2D eigenvalue weighted by Gasteiger charge is -2.24. The number of carboxylic acid groups (broad SMARTS) is 1. The molecule has 5 heteroatoms. The molecule has 0 saturated carbocycles. The van der Waals surface area contributed by atoms with Gasteiger partial charge in [-0.15, -0.1) is 0 Å². The Kier molecular flexibility index (Phi) is 5.18. The zero-order valence-electron chi connectivity index (χ0n) is 12.0. The minimum absolute atomic E-state index is 0.322. The molecular formula is C14H21NO4. The van der Waals surface area contributed by atoms with E-state index >= 15 is 0 Å². The first-order valence-electron chi connectivity index (χ1n) is 6.09. The van der Waals surface area contributed by atoms with Crippen molar-refractivity contribution in [3.63, 3.8) is 0 Å². The number of ether oxygens (including phenoxy) is 2. The molecule has 0 amide bonds. The van der Waals surface area contributed by atoms with Crippen molar-refractivity contribution in [2.24, 2.45) is 5.92 Å². The zero-order valence-corrected chi connectivity index (χ0v) is 12.0. The molecule has 0 aliphatic carbocycles. The average molecular weight is 267 g/mol. The minimum atomic E-state index is -0.852. The Hall–Kier alpha value is -1.75. The summed E-state index contributed by atoms with van der Waals surface area (Å²) in [5.74, 6) is -0.0354. The van der Waals surface area contributed by atoms with Gasteiger partial charge in [-0.1, -0.05) is 13.0 Å². The number of carbonyl (C=O) groups is 1. The van der Waals surface area contributed by atoms with E-state index in [2.05, 4.69) is 5.32 Å². The third-order valence-corrected chi connectivity index (χ3v) is 3.35. The Balaban J connectivity index is 3.32. The number of aliphatic carboxylic acids is 1. The maximum Gasteiger partial charge on any atom is 0.308 e. The molecule has 106 valence electrons. The highest BCUT2D eigenvalue weighted by Gasteiger charge is 2.27. The van der Waals surface area contributed by atoms with Crippen LogP contribution in [0.25, 0.3) is 0 Å². The van der Waals surface area contributed by atoms with Crippen molar-refractivity contribution in [2.45, 2.75) is 19.9 Å². The molecule has 0 aliphatic heterocycles. The highest BCUT2D eigenvalue weighted by Crippen LogP contribution is 2.37. The Morgan fingerprint density at radius 1 is 1.32 bits per heavy atom. The van der Waals surface area contributed by atoms with Gasteiger partial charge in [0.15, 0.2) is 0 Å². The Labute approximate surface area is 113 Å². The van der Waals surface area contributed by atoms with Crippen molar-refractivity contribution < 1.29 is 19.4 Å². The number of rotatable bonds is 6. The molecule has 2 atom stereocenters. The summed E-state index contributed by atoms with van der Waals surface area (Å²) in [6, 6.07) is 3.34. The SMILES string of the molecule is CNC(c1ccc(OC)c(C)c1OC)C(C)C(=O)O. The van der Waals surface area contributed by atoms with Gasteiger partial charge in [-0.05, 0) is 20.0 Å². The normalized spacial score (nSPS) is 13.7. The number of benzene rings is 1. The number of hydrogen-bond acceptors (Lipinski definition) is 4. The highest BCUT2D eigenvalue weighted by atomic mass is 16.5. The van der Waals surface area contributed by atoms with Crippen molar-refractivity contribution in [3.8, 4) is 11.5 Å². The summed E-state index contributed by atoms with van der Waals surface area (Å²) in [4.78, 5) is 11.2. The minimum Gasteiger partial charge on any atom is -0.496 e. The summed E-state index contributed by atoms with van der Waals surface area (Å²) in [5, 5.41) is 12.2. The molecule has 2 unspecified atom stereocenters. The summed E-state index contributed by atoms with van der Waals surface area (Å²) < 4.78 is 10.7. The average Bonchev–Trinajstić information content (AvgIpc) is 2.39. The van der Waals surface area contributed by atoms with Crippen LogP contribution in [-0.2, 0) is 4.79 Å². The molecule has 1 aromatic carbocycles.